The van der Waals surface area contributed by atoms with Crippen LogP contribution in [0.2, 0.25) is 0 Å². The summed E-state index contributed by atoms with van der Waals surface area (Å²) in [5.74, 6) is 0.300. The summed E-state index contributed by atoms with van der Waals surface area (Å²) < 4.78 is 22.4. The Labute approximate surface area is 126 Å². The van der Waals surface area contributed by atoms with E-state index in [0.717, 1.165) is 11.1 Å². The van der Waals surface area contributed by atoms with E-state index in [1.165, 1.54) is 12.3 Å². The number of rotatable bonds is 3. The smallest absolute Gasteiger partial charge is 0.373 e. The molecule has 3 nitrogen and oxygen atoms in total. The Morgan fingerprint density at radius 1 is 1.38 bits per heavy atom. The molecule has 0 saturated carbocycles. The number of nitrogens with zero attached hydrogens (tertiary/aromatic N) is 1. The molecule has 0 unspecified atom stereocenters. The van der Waals surface area contributed by atoms with E-state index < -0.39 is 5.41 Å². The van der Waals surface area contributed by atoms with Gasteiger partial charge in [0.1, 0.15) is 18.4 Å². The minimum Gasteiger partial charge on any atom is -0.437 e. The van der Waals surface area contributed by atoms with Gasteiger partial charge >= 0.3 is 5.90 Å². The van der Waals surface area contributed by atoms with Crippen molar-refractivity contribution in [2.45, 2.75) is 45.6 Å². The lowest BCUT2D eigenvalue weighted by molar-refractivity contribution is -0.562. The lowest BCUT2D eigenvalue weighted by Gasteiger charge is -2.20. The second kappa shape index (κ2) is 4.93. The molecule has 2 rings (SSSR count). The number of hydrogen-bond acceptors (Lipinski definition) is 2. The van der Waals surface area contributed by atoms with Crippen LogP contribution in [0.1, 0.15) is 44.4 Å². The Kier molecular flexibility index (Phi) is 3.68. The van der Waals surface area contributed by atoms with E-state index in [1.807, 2.05) is 38.5 Å². The number of likely N-dealkylation sites (N-methyl/N-ethyl adjacent to an activating group) is 1. The highest BCUT2D eigenvalue weighted by Crippen LogP contribution is 2.28. The molecule has 1 heterocycles. The van der Waals surface area contributed by atoms with Crippen molar-refractivity contribution in [2.24, 2.45) is 0 Å². The minimum atomic E-state index is -0.476. The molecule has 1 aromatic carbocycles. The van der Waals surface area contributed by atoms with Gasteiger partial charge in [0, 0.05) is 25.5 Å². The average molecular weight is 291 g/mol. The maximum Gasteiger partial charge on any atom is 0.373 e. The summed E-state index contributed by atoms with van der Waals surface area (Å²) in [7, 11) is 1.93. The fourth-order valence-corrected chi connectivity index (χ4v) is 2.42. The molecule has 0 aliphatic carbocycles. The molecule has 0 fully saturated rings. The standard InChI is InChI=1S/C17H24FN2O/c1-11-7-12(16(2,3)9-19)8-13(18)14(11)15-20(6)17(4,5)10-21-15/h7-9,19H,10H2,1-6H3/q+1. The van der Waals surface area contributed by atoms with Crippen LogP contribution in [0.5, 0.6) is 0 Å². The van der Waals surface area contributed by atoms with Gasteiger partial charge in [-0.15, -0.1) is 0 Å². The number of halogens is 1. The van der Waals surface area contributed by atoms with Crippen molar-refractivity contribution < 1.29 is 13.7 Å². The molecule has 0 aromatic heterocycles. The monoisotopic (exact) mass is 291 g/mol. The molecular formula is C17H24FN2O+. The van der Waals surface area contributed by atoms with Gasteiger partial charge in [0.15, 0.2) is 12.1 Å². The van der Waals surface area contributed by atoms with E-state index in [9.17, 15) is 4.39 Å². The van der Waals surface area contributed by atoms with Crippen LogP contribution in [-0.4, -0.2) is 35.9 Å². The van der Waals surface area contributed by atoms with Crippen molar-refractivity contribution in [2.75, 3.05) is 13.7 Å². The Bertz CT molecular complexity index is 607. The zero-order chi connectivity index (χ0) is 16.0. The summed E-state index contributed by atoms with van der Waals surface area (Å²) in [4.78, 5) is 0. The van der Waals surface area contributed by atoms with Gasteiger partial charge in [0.05, 0.1) is 0 Å². The molecule has 4 heteroatoms. The Morgan fingerprint density at radius 3 is 2.43 bits per heavy atom. The first-order valence-electron chi connectivity index (χ1n) is 7.16. The third kappa shape index (κ3) is 2.59. The van der Waals surface area contributed by atoms with Gasteiger partial charge < -0.3 is 10.1 Å². The molecule has 0 bridgehead atoms. The van der Waals surface area contributed by atoms with Gasteiger partial charge in [-0.1, -0.05) is 19.9 Å². The fourth-order valence-electron chi connectivity index (χ4n) is 2.42. The van der Waals surface area contributed by atoms with Gasteiger partial charge in [-0.05, 0) is 24.1 Å². The molecule has 0 saturated heterocycles. The van der Waals surface area contributed by atoms with Crippen LogP contribution in [0, 0.1) is 18.2 Å². The lowest BCUT2D eigenvalue weighted by atomic mass is 9.84. The fraction of sp³-hybridized carbons (Fsp3) is 0.529. The highest BCUT2D eigenvalue weighted by molar-refractivity contribution is 5.93. The predicted molar refractivity (Wildman–Crippen MR) is 83.3 cm³/mol. The van der Waals surface area contributed by atoms with Gasteiger partial charge in [-0.3, -0.25) is 0 Å². The first-order chi connectivity index (χ1) is 9.60. The molecule has 1 aliphatic rings. The summed E-state index contributed by atoms with van der Waals surface area (Å²) in [5, 5.41) is 7.50. The normalized spacial score (nSPS) is 17.9. The zero-order valence-corrected chi connectivity index (χ0v) is 13.7. The van der Waals surface area contributed by atoms with E-state index in [0.29, 0.717) is 18.1 Å². The third-order valence-electron chi connectivity index (χ3n) is 4.38. The number of nitrogens with one attached hydrogen (secondary N) is 1. The van der Waals surface area contributed by atoms with Crippen LogP contribution in [0.25, 0.3) is 0 Å². The van der Waals surface area contributed by atoms with Crippen molar-refractivity contribution in [1.82, 2.24) is 0 Å². The predicted octanol–water partition coefficient (Wildman–Crippen LogP) is 3.26. The number of ether oxygens (including phenoxy) is 1. The van der Waals surface area contributed by atoms with E-state index in [1.54, 1.807) is 0 Å². The second-order valence-electron chi connectivity index (χ2n) is 6.98. The van der Waals surface area contributed by atoms with E-state index >= 15 is 0 Å². The highest BCUT2D eigenvalue weighted by Gasteiger charge is 2.42. The molecule has 0 spiro atoms. The molecule has 114 valence electrons. The van der Waals surface area contributed by atoms with Crippen molar-refractivity contribution in [3.05, 3.63) is 34.6 Å². The van der Waals surface area contributed by atoms with Crippen molar-refractivity contribution in [1.29, 1.82) is 5.41 Å². The largest absolute Gasteiger partial charge is 0.437 e. The Balaban J connectivity index is 2.59. The van der Waals surface area contributed by atoms with E-state index in [2.05, 4.69) is 13.8 Å². The number of benzene rings is 1. The summed E-state index contributed by atoms with van der Waals surface area (Å²) in [6.07, 6.45) is 1.34. The van der Waals surface area contributed by atoms with Gasteiger partial charge in [-0.2, -0.15) is 4.58 Å². The SMILES string of the molecule is Cc1cc(C(C)(C)C=N)cc(F)c1C1=[N+](C)C(C)(C)CO1. The number of aryl methyl sites for hydroxylation is 1. The molecule has 0 atom stereocenters. The highest BCUT2D eigenvalue weighted by atomic mass is 19.1. The van der Waals surface area contributed by atoms with Crippen LogP contribution in [0.15, 0.2) is 12.1 Å². The third-order valence-corrected chi connectivity index (χ3v) is 4.38. The summed E-state index contributed by atoms with van der Waals surface area (Å²) in [5.41, 5.74) is 1.54. The maximum absolute atomic E-state index is 14.7. The maximum atomic E-state index is 14.7. The van der Waals surface area contributed by atoms with Crippen molar-refractivity contribution in [3.8, 4) is 0 Å². The van der Waals surface area contributed by atoms with E-state index in [-0.39, 0.29) is 11.4 Å². The average Bonchev–Trinajstić information content (AvgIpc) is 2.65. The molecule has 0 radical (unpaired) electrons. The van der Waals surface area contributed by atoms with Crippen LogP contribution in [-0.2, 0) is 10.2 Å². The van der Waals surface area contributed by atoms with Crippen LogP contribution in [0.4, 0.5) is 4.39 Å². The molecule has 0 amide bonds. The van der Waals surface area contributed by atoms with Crippen LogP contribution >= 0.6 is 0 Å². The van der Waals surface area contributed by atoms with Gasteiger partial charge in [0.25, 0.3) is 0 Å². The molecule has 1 N–H and O–H groups in total. The van der Waals surface area contributed by atoms with Crippen molar-refractivity contribution in [3.63, 3.8) is 0 Å². The Hall–Kier alpha value is -1.71. The van der Waals surface area contributed by atoms with Crippen LogP contribution < -0.4 is 0 Å². The Morgan fingerprint density at radius 2 is 2.00 bits per heavy atom. The zero-order valence-electron chi connectivity index (χ0n) is 13.7. The molecular weight excluding hydrogens is 267 g/mol. The summed E-state index contributed by atoms with van der Waals surface area (Å²) in [6.45, 7) is 10.4. The quantitative estimate of drug-likeness (QED) is 0.673. The molecule has 1 aliphatic heterocycles. The van der Waals surface area contributed by atoms with Crippen LogP contribution in [0.3, 0.4) is 0 Å². The topological polar surface area (TPSA) is 36.1 Å². The summed E-state index contributed by atoms with van der Waals surface area (Å²) in [6, 6.07) is 3.46. The lowest BCUT2D eigenvalue weighted by Crippen LogP contribution is -2.33. The minimum absolute atomic E-state index is 0.138. The second-order valence-corrected chi connectivity index (χ2v) is 6.98. The summed E-state index contributed by atoms with van der Waals surface area (Å²) >= 11 is 0. The first kappa shape index (κ1) is 15.7. The van der Waals surface area contributed by atoms with E-state index in [4.69, 9.17) is 10.1 Å². The molecule has 21 heavy (non-hydrogen) atoms. The molecule has 1 aromatic rings. The van der Waals surface area contributed by atoms with Crippen molar-refractivity contribution >= 4 is 12.1 Å². The number of hydrogen-bond donors (Lipinski definition) is 1. The van der Waals surface area contributed by atoms with Gasteiger partial charge in [0.2, 0.25) is 0 Å². The first-order valence-corrected chi connectivity index (χ1v) is 7.16. The van der Waals surface area contributed by atoms with Gasteiger partial charge in [-0.25, -0.2) is 4.39 Å².